The van der Waals surface area contributed by atoms with Crippen LogP contribution in [0, 0.1) is 0 Å². The van der Waals surface area contributed by atoms with Gasteiger partial charge in [0.1, 0.15) is 0 Å². The van der Waals surface area contributed by atoms with E-state index in [4.69, 9.17) is 0 Å². The van der Waals surface area contributed by atoms with Gasteiger partial charge in [-0.15, -0.1) is 0 Å². The van der Waals surface area contributed by atoms with Gasteiger partial charge in [0.05, 0.1) is 0 Å². The highest BCUT2D eigenvalue weighted by Crippen LogP contribution is 2.22. The van der Waals surface area contributed by atoms with E-state index >= 15 is 0 Å². The van der Waals surface area contributed by atoms with Crippen LogP contribution in [0.25, 0.3) is 0 Å². The average Bonchev–Trinajstić information content (AvgIpc) is 2.84. The maximum absolute atomic E-state index is 12.4. The van der Waals surface area contributed by atoms with E-state index in [-0.39, 0.29) is 11.8 Å². The lowest BCUT2D eigenvalue weighted by atomic mass is 10.1. The summed E-state index contributed by atoms with van der Waals surface area (Å²) in [5, 5.41) is 0. The minimum Gasteiger partial charge on any atom is -0.340 e. The number of amides is 2. The van der Waals surface area contributed by atoms with Gasteiger partial charge in [-0.2, -0.15) is 0 Å². The minimum absolute atomic E-state index is 0.125. The molecule has 2 rings (SSSR count). The van der Waals surface area contributed by atoms with Crippen molar-refractivity contribution in [1.82, 2.24) is 14.7 Å². The van der Waals surface area contributed by atoms with Crippen molar-refractivity contribution in [2.45, 2.75) is 64.8 Å². The highest BCUT2D eigenvalue weighted by atomic mass is 16.2. The second-order valence-electron chi connectivity index (χ2n) is 6.92. The van der Waals surface area contributed by atoms with Crippen molar-refractivity contribution in [2.75, 3.05) is 39.3 Å². The molecule has 1 saturated heterocycles. The normalized spacial score (nSPS) is 21.0. The van der Waals surface area contributed by atoms with E-state index in [1.165, 1.54) is 25.7 Å². The van der Waals surface area contributed by atoms with Crippen LogP contribution in [-0.4, -0.2) is 71.8 Å². The van der Waals surface area contributed by atoms with Crippen LogP contribution in [0.5, 0.6) is 0 Å². The van der Waals surface area contributed by atoms with Crippen molar-refractivity contribution in [3.05, 3.63) is 0 Å². The first-order valence-corrected chi connectivity index (χ1v) is 9.39. The minimum atomic E-state index is 0.125. The third-order valence-corrected chi connectivity index (χ3v) is 5.41. The third-order valence-electron chi connectivity index (χ3n) is 5.41. The molecule has 0 atom stereocenters. The third kappa shape index (κ3) is 5.48. The fourth-order valence-electron chi connectivity index (χ4n) is 3.85. The zero-order valence-electron chi connectivity index (χ0n) is 14.9. The number of likely N-dealkylation sites (N-methyl/N-ethyl adjacent to an activating group) is 1. The zero-order valence-corrected chi connectivity index (χ0v) is 14.9. The number of carbonyl (C=O) groups is 2. The van der Waals surface area contributed by atoms with Crippen molar-refractivity contribution in [3.8, 4) is 0 Å². The molecule has 1 aliphatic carbocycles. The molecule has 2 fully saturated rings. The molecule has 0 N–H and O–H groups in total. The molecule has 1 saturated carbocycles. The Kier molecular flexibility index (Phi) is 7.34. The second kappa shape index (κ2) is 9.26. The largest absolute Gasteiger partial charge is 0.340 e. The monoisotopic (exact) mass is 323 g/mol. The fourth-order valence-corrected chi connectivity index (χ4v) is 3.85. The Labute approximate surface area is 141 Å². The Bertz CT molecular complexity index is 384. The maximum Gasteiger partial charge on any atom is 0.224 e. The Morgan fingerprint density at radius 1 is 1.00 bits per heavy atom. The van der Waals surface area contributed by atoms with Gasteiger partial charge in [0.15, 0.2) is 0 Å². The summed E-state index contributed by atoms with van der Waals surface area (Å²) in [6.45, 7) is 9.06. The van der Waals surface area contributed by atoms with E-state index < -0.39 is 0 Å². The van der Waals surface area contributed by atoms with Crippen molar-refractivity contribution < 1.29 is 9.59 Å². The Hall–Kier alpha value is -1.10. The molecule has 2 amide bonds. The molecule has 0 aromatic carbocycles. The van der Waals surface area contributed by atoms with Gasteiger partial charge in [-0.3, -0.25) is 9.59 Å². The molecular weight excluding hydrogens is 290 g/mol. The van der Waals surface area contributed by atoms with Crippen LogP contribution in [-0.2, 0) is 9.59 Å². The maximum atomic E-state index is 12.4. The summed E-state index contributed by atoms with van der Waals surface area (Å²) in [4.78, 5) is 30.8. The van der Waals surface area contributed by atoms with Crippen molar-refractivity contribution >= 4 is 11.8 Å². The lowest BCUT2D eigenvalue weighted by Gasteiger charge is -2.35. The highest BCUT2D eigenvalue weighted by Gasteiger charge is 2.25. The highest BCUT2D eigenvalue weighted by molar-refractivity contribution is 5.78. The van der Waals surface area contributed by atoms with Crippen LogP contribution in [0.15, 0.2) is 0 Å². The van der Waals surface area contributed by atoms with E-state index in [1.54, 1.807) is 6.92 Å². The van der Waals surface area contributed by atoms with Gasteiger partial charge < -0.3 is 14.7 Å². The van der Waals surface area contributed by atoms with Gasteiger partial charge >= 0.3 is 0 Å². The first-order valence-electron chi connectivity index (χ1n) is 9.39. The van der Waals surface area contributed by atoms with Crippen LogP contribution in [0.2, 0.25) is 0 Å². The first-order chi connectivity index (χ1) is 11.1. The quantitative estimate of drug-likeness (QED) is 0.728. The number of carbonyl (C=O) groups excluding carboxylic acids is 2. The van der Waals surface area contributed by atoms with Gasteiger partial charge in [-0.05, 0) is 19.4 Å². The van der Waals surface area contributed by atoms with Gasteiger partial charge in [-0.1, -0.05) is 32.6 Å². The SMILES string of the molecule is CCN1CCN(C(=O)CCN(C(C)=O)C2CCCCCC2)CC1. The molecule has 0 aromatic rings. The van der Waals surface area contributed by atoms with Crippen LogP contribution >= 0.6 is 0 Å². The molecule has 1 heterocycles. The smallest absolute Gasteiger partial charge is 0.224 e. The predicted molar refractivity (Wildman–Crippen MR) is 92.2 cm³/mol. The van der Waals surface area contributed by atoms with Gasteiger partial charge in [0.25, 0.3) is 0 Å². The molecule has 2 aliphatic rings. The summed E-state index contributed by atoms with van der Waals surface area (Å²) in [5.41, 5.74) is 0. The van der Waals surface area contributed by atoms with Crippen LogP contribution < -0.4 is 0 Å². The average molecular weight is 323 g/mol. The summed E-state index contributed by atoms with van der Waals surface area (Å²) in [6.07, 6.45) is 7.66. The Morgan fingerprint density at radius 3 is 2.13 bits per heavy atom. The van der Waals surface area contributed by atoms with Gasteiger partial charge in [-0.25, -0.2) is 0 Å². The number of piperazine rings is 1. The Balaban J connectivity index is 1.81. The van der Waals surface area contributed by atoms with Crippen LogP contribution in [0.3, 0.4) is 0 Å². The van der Waals surface area contributed by atoms with Crippen LogP contribution in [0.1, 0.15) is 58.8 Å². The molecule has 1 aliphatic heterocycles. The van der Waals surface area contributed by atoms with E-state index in [1.807, 2.05) is 9.80 Å². The van der Waals surface area contributed by atoms with Crippen molar-refractivity contribution in [2.24, 2.45) is 0 Å². The molecule has 0 bridgehead atoms. The summed E-state index contributed by atoms with van der Waals surface area (Å²) >= 11 is 0. The molecule has 132 valence electrons. The van der Waals surface area contributed by atoms with E-state index in [0.29, 0.717) is 19.0 Å². The number of rotatable bonds is 5. The molecule has 0 spiro atoms. The topological polar surface area (TPSA) is 43.9 Å². The first kappa shape index (κ1) is 18.2. The Morgan fingerprint density at radius 2 is 1.61 bits per heavy atom. The standard InChI is InChI=1S/C18H33N3O2/c1-3-19-12-14-20(15-13-19)18(23)10-11-21(16(2)22)17-8-6-4-5-7-9-17/h17H,3-15H2,1-2H3. The van der Waals surface area contributed by atoms with E-state index in [0.717, 1.165) is 45.6 Å². The second-order valence-corrected chi connectivity index (χ2v) is 6.92. The van der Waals surface area contributed by atoms with Crippen LogP contribution in [0.4, 0.5) is 0 Å². The lowest BCUT2D eigenvalue weighted by Crippen LogP contribution is -2.49. The summed E-state index contributed by atoms with van der Waals surface area (Å²) in [7, 11) is 0. The summed E-state index contributed by atoms with van der Waals surface area (Å²) in [6, 6.07) is 0.347. The summed E-state index contributed by atoms with van der Waals surface area (Å²) < 4.78 is 0. The van der Waals surface area contributed by atoms with E-state index in [2.05, 4.69) is 11.8 Å². The molecular formula is C18H33N3O2. The molecule has 0 aromatic heterocycles. The number of hydrogen-bond acceptors (Lipinski definition) is 3. The molecule has 23 heavy (non-hydrogen) atoms. The zero-order chi connectivity index (χ0) is 16.7. The van der Waals surface area contributed by atoms with Crippen molar-refractivity contribution in [1.29, 1.82) is 0 Å². The molecule has 0 radical (unpaired) electrons. The van der Waals surface area contributed by atoms with Gasteiger partial charge in [0.2, 0.25) is 11.8 Å². The van der Waals surface area contributed by atoms with Gasteiger partial charge in [0, 0.05) is 52.1 Å². The number of nitrogens with zero attached hydrogens (tertiary/aromatic N) is 3. The van der Waals surface area contributed by atoms with Crippen molar-refractivity contribution in [3.63, 3.8) is 0 Å². The molecule has 0 unspecified atom stereocenters. The fraction of sp³-hybridized carbons (Fsp3) is 0.889. The molecule has 5 heteroatoms. The molecule has 5 nitrogen and oxygen atoms in total. The number of hydrogen-bond donors (Lipinski definition) is 0. The lowest BCUT2D eigenvalue weighted by molar-refractivity contribution is -0.136. The predicted octanol–water partition coefficient (Wildman–Crippen LogP) is 2.11. The summed E-state index contributed by atoms with van der Waals surface area (Å²) in [5.74, 6) is 0.334. The van der Waals surface area contributed by atoms with E-state index in [9.17, 15) is 9.59 Å².